The van der Waals surface area contributed by atoms with Crippen molar-refractivity contribution in [3.05, 3.63) is 30.1 Å². The van der Waals surface area contributed by atoms with Gasteiger partial charge in [-0.05, 0) is 31.2 Å². The Morgan fingerprint density at radius 1 is 1.25 bits per heavy atom. The molecule has 5 heteroatoms. The number of ether oxygens (including phenoxy) is 2. The van der Waals surface area contributed by atoms with E-state index in [-0.39, 0.29) is 15.6 Å². The summed E-state index contributed by atoms with van der Waals surface area (Å²) in [5, 5.41) is 0.782. The lowest BCUT2D eigenvalue weighted by atomic mass is 10.3. The summed E-state index contributed by atoms with van der Waals surface area (Å²) in [6.45, 7) is 4.08. The lowest BCUT2D eigenvalue weighted by Crippen LogP contribution is -2.28. The fourth-order valence-corrected chi connectivity index (χ4v) is 1.79. The zero-order valence-electron chi connectivity index (χ0n) is 9.40. The van der Waals surface area contributed by atoms with E-state index in [1.807, 2.05) is 13.8 Å². The molecule has 0 saturated heterocycles. The first-order valence-corrected chi connectivity index (χ1v) is 6.07. The summed E-state index contributed by atoms with van der Waals surface area (Å²) < 4.78 is 28.7. The standard InChI is InChI=1S/C11H15FO3Si/c1-3-13-11(14-4-2)15-16-10-7-5-6-9(12)8-10/h5-8,11H,3-4H2,1-2H3. The second kappa shape index (κ2) is 7.51. The highest BCUT2D eigenvalue weighted by atomic mass is 28.2. The zero-order chi connectivity index (χ0) is 11.8. The third-order valence-electron chi connectivity index (χ3n) is 1.70. The van der Waals surface area contributed by atoms with Gasteiger partial charge in [-0.15, -0.1) is 0 Å². The van der Waals surface area contributed by atoms with E-state index in [9.17, 15) is 4.39 Å². The van der Waals surface area contributed by atoms with Crippen molar-refractivity contribution in [1.29, 1.82) is 0 Å². The van der Waals surface area contributed by atoms with Gasteiger partial charge >= 0.3 is 0 Å². The van der Waals surface area contributed by atoms with Crippen LogP contribution in [0.1, 0.15) is 13.8 Å². The molecule has 0 aliphatic rings. The van der Waals surface area contributed by atoms with Gasteiger partial charge in [-0.3, -0.25) is 0 Å². The molecule has 0 heterocycles. The van der Waals surface area contributed by atoms with Gasteiger partial charge in [-0.25, -0.2) is 4.39 Å². The van der Waals surface area contributed by atoms with Crippen LogP contribution in [0.15, 0.2) is 24.3 Å². The molecule has 0 aromatic heterocycles. The predicted molar refractivity (Wildman–Crippen MR) is 59.9 cm³/mol. The van der Waals surface area contributed by atoms with Crippen LogP contribution >= 0.6 is 0 Å². The van der Waals surface area contributed by atoms with Crippen LogP contribution in [-0.2, 0) is 13.9 Å². The number of benzene rings is 1. The van der Waals surface area contributed by atoms with Gasteiger partial charge in [0.1, 0.15) is 5.82 Å². The quantitative estimate of drug-likeness (QED) is 0.535. The molecule has 0 aliphatic carbocycles. The smallest absolute Gasteiger partial charge is 0.275 e. The molecule has 88 valence electrons. The van der Waals surface area contributed by atoms with Gasteiger partial charge in [0.05, 0.1) is 0 Å². The van der Waals surface area contributed by atoms with Crippen molar-refractivity contribution >= 4 is 14.9 Å². The normalized spacial score (nSPS) is 11.0. The van der Waals surface area contributed by atoms with Crippen LogP contribution in [0, 0.1) is 5.82 Å². The largest absolute Gasteiger partial charge is 0.366 e. The molecule has 2 radical (unpaired) electrons. The Bertz CT molecular complexity index is 303. The van der Waals surface area contributed by atoms with Crippen molar-refractivity contribution in [3.8, 4) is 0 Å². The molecule has 0 unspecified atom stereocenters. The molecule has 0 saturated carbocycles. The van der Waals surface area contributed by atoms with Crippen LogP contribution in [0.2, 0.25) is 0 Å². The number of halogens is 1. The molecule has 0 fully saturated rings. The average molecular weight is 242 g/mol. The van der Waals surface area contributed by atoms with E-state index >= 15 is 0 Å². The highest BCUT2D eigenvalue weighted by Crippen LogP contribution is 1.97. The molecule has 1 aromatic carbocycles. The Morgan fingerprint density at radius 3 is 2.50 bits per heavy atom. The highest BCUT2D eigenvalue weighted by molar-refractivity contribution is 6.46. The average Bonchev–Trinajstić information content (AvgIpc) is 2.27. The van der Waals surface area contributed by atoms with Gasteiger partial charge in [-0.2, -0.15) is 0 Å². The summed E-state index contributed by atoms with van der Waals surface area (Å²) in [5.74, 6) is -0.266. The summed E-state index contributed by atoms with van der Waals surface area (Å²) >= 11 is 0. The molecule has 0 aliphatic heterocycles. The first kappa shape index (κ1) is 13.3. The molecular weight excluding hydrogens is 227 g/mol. The monoisotopic (exact) mass is 242 g/mol. The second-order valence-electron chi connectivity index (χ2n) is 2.93. The van der Waals surface area contributed by atoms with Gasteiger partial charge in [0.15, 0.2) is 0 Å². The minimum atomic E-state index is -0.670. The molecule has 0 bridgehead atoms. The van der Waals surface area contributed by atoms with E-state index < -0.39 is 6.48 Å². The number of rotatable bonds is 7. The van der Waals surface area contributed by atoms with Crippen molar-refractivity contribution in [2.45, 2.75) is 20.3 Å². The Labute approximate surface area is 97.5 Å². The van der Waals surface area contributed by atoms with Gasteiger partial charge < -0.3 is 13.9 Å². The highest BCUT2D eigenvalue weighted by Gasteiger charge is 2.09. The van der Waals surface area contributed by atoms with Crippen LogP contribution in [0.25, 0.3) is 0 Å². The van der Waals surface area contributed by atoms with Crippen molar-refractivity contribution in [3.63, 3.8) is 0 Å². The van der Waals surface area contributed by atoms with Gasteiger partial charge in [0.2, 0.25) is 0 Å². The fourth-order valence-electron chi connectivity index (χ4n) is 1.06. The van der Waals surface area contributed by atoms with Gasteiger partial charge in [0, 0.05) is 13.2 Å². The first-order chi connectivity index (χ1) is 7.76. The lowest BCUT2D eigenvalue weighted by Gasteiger charge is -2.16. The van der Waals surface area contributed by atoms with E-state index in [0.29, 0.717) is 13.2 Å². The Balaban J connectivity index is 2.41. The maximum atomic E-state index is 12.9. The third kappa shape index (κ3) is 4.85. The maximum absolute atomic E-state index is 12.9. The van der Waals surface area contributed by atoms with Crippen molar-refractivity contribution in [1.82, 2.24) is 0 Å². The van der Waals surface area contributed by atoms with E-state index in [0.717, 1.165) is 5.19 Å². The van der Waals surface area contributed by atoms with Crippen molar-refractivity contribution < 1.29 is 18.3 Å². The molecule has 0 atom stereocenters. The van der Waals surface area contributed by atoms with Gasteiger partial charge in [-0.1, -0.05) is 12.1 Å². The molecule has 0 N–H and O–H groups in total. The maximum Gasteiger partial charge on any atom is 0.275 e. The number of hydrogen-bond acceptors (Lipinski definition) is 3. The molecule has 3 nitrogen and oxygen atoms in total. The second-order valence-corrected chi connectivity index (χ2v) is 3.95. The Hall–Kier alpha value is -0.753. The SMILES string of the molecule is CCOC(OCC)O[Si]c1cccc(F)c1. The van der Waals surface area contributed by atoms with E-state index in [1.165, 1.54) is 12.1 Å². The summed E-state index contributed by atoms with van der Waals surface area (Å²) in [5.41, 5.74) is 0. The van der Waals surface area contributed by atoms with Crippen LogP contribution in [0.3, 0.4) is 0 Å². The third-order valence-corrected chi connectivity index (χ3v) is 2.56. The van der Waals surface area contributed by atoms with Crippen LogP contribution in [-0.4, -0.2) is 29.5 Å². The van der Waals surface area contributed by atoms with Crippen molar-refractivity contribution in [2.24, 2.45) is 0 Å². The summed E-state index contributed by atoms with van der Waals surface area (Å²) in [6, 6.07) is 6.29. The molecule has 0 amide bonds. The summed E-state index contributed by atoms with van der Waals surface area (Å²) in [4.78, 5) is 0. The number of hydrogen-bond donors (Lipinski definition) is 0. The molecule has 1 rings (SSSR count). The van der Waals surface area contributed by atoms with E-state index in [4.69, 9.17) is 13.9 Å². The minimum absolute atomic E-state index is 0.0109. The Kier molecular flexibility index (Phi) is 6.25. The van der Waals surface area contributed by atoms with E-state index in [2.05, 4.69) is 0 Å². The molecule has 0 spiro atoms. The molecular formula is C11H15FO3Si. The lowest BCUT2D eigenvalue weighted by molar-refractivity contribution is -0.242. The first-order valence-electron chi connectivity index (χ1n) is 5.16. The van der Waals surface area contributed by atoms with Crippen LogP contribution in [0.4, 0.5) is 4.39 Å². The van der Waals surface area contributed by atoms with Crippen molar-refractivity contribution in [2.75, 3.05) is 13.2 Å². The fraction of sp³-hybridized carbons (Fsp3) is 0.455. The zero-order valence-corrected chi connectivity index (χ0v) is 10.4. The summed E-state index contributed by atoms with van der Waals surface area (Å²) in [6.07, 6.45) is 0. The summed E-state index contributed by atoms with van der Waals surface area (Å²) in [7, 11) is 0.0109. The molecule has 16 heavy (non-hydrogen) atoms. The van der Waals surface area contributed by atoms with E-state index in [1.54, 1.807) is 12.1 Å². The molecule has 1 aromatic rings. The predicted octanol–water partition coefficient (Wildman–Crippen LogP) is 1.44. The Morgan fingerprint density at radius 2 is 1.94 bits per heavy atom. The van der Waals surface area contributed by atoms with Crippen LogP contribution < -0.4 is 5.19 Å². The topological polar surface area (TPSA) is 27.7 Å². The van der Waals surface area contributed by atoms with Gasteiger partial charge in [0.25, 0.3) is 16.2 Å². The van der Waals surface area contributed by atoms with Crippen LogP contribution in [0.5, 0.6) is 0 Å². The minimum Gasteiger partial charge on any atom is -0.366 e.